The van der Waals surface area contributed by atoms with Crippen LogP contribution in [0.2, 0.25) is 0 Å². The quantitative estimate of drug-likeness (QED) is 0.750. The van der Waals surface area contributed by atoms with Gasteiger partial charge in [0.1, 0.15) is 0 Å². The smallest absolute Gasteiger partial charge is 0.257 e. The van der Waals surface area contributed by atoms with E-state index < -0.39 is 0 Å². The van der Waals surface area contributed by atoms with Gasteiger partial charge in [-0.3, -0.25) is 14.7 Å². The SMILES string of the molecule is Cc1nn(-c2ccccc2)c(C)c1CN1CCc2nc(N)[nH]c(=O)c2C1. The van der Waals surface area contributed by atoms with Crippen molar-refractivity contribution < 1.29 is 0 Å². The summed E-state index contributed by atoms with van der Waals surface area (Å²) in [6.07, 6.45) is 0.731. The molecule has 0 bridgehead atoms. The topological polar surface area (TPSA) is 92.8 Å². The van der Waals surface area contributed by atoms with Gasteiger partial charge in [0, 0.05) is 37.3 Å². The van der Waals surface area contributed by atoms with Gasteiger partial charge in [0.25, 0.3) is 5.56 Å². The van der Waals surface area contributed by atoms with Crippen molar-refractivity contribution in [3.63, 3.8) is 0 Å². The van der Waals surface area contributed by atoms with Crippen molar-refractivity contribution in [3.8, 4) is 5.69 Å². The maximum atomic E-state index is 12.2. The highest BCUT2D eigenvalue weighted by atomic mass is 16.1. The van der Waals surface area contributed by atoms with E-state index in [0.717, 1.165) is 47.8 Å². The highest BCUT2D eigenvalue weighted by Gasteiger charge is 2.23. The zero-order chi connectivity index (χ0) is 18.3. The summed E-state index contributed by atoms with van der Waals surface area (Å²) in [7, 11) is 0. The molecule has 0 radical (unpaired) electrons. The summed E-state index contributed by atoms with van der Waals surface area (Å²) < 4.78 is 1.98. The number of hydrogen-bond donors (Lipinski definition) is 2. The molecule has 0 fully saturated rings. The third-order valence-electron chi connectivity index (χ3n) is 4.99. The summed E-state index contributed by atoms with van der Waals surface area (Å²) in [4.78, 5) is 21.3. The highest BCUT2D eigenvalue weighted by Crippen LogP contribution is 2.22. The number of rotatable bonds is 3. The summed E-state index contributed by atoms with van der Waals surface area (Å²) in [5.74, 6) is 0.193. The number of nitrogen functional groups attached to an aromatic ring is 1. The van der Waals surface area contributed by atoms with Crippen LogP contribution in [-0.4, -0.2) is 31.2 Å². The molecule has 0 spiro atoms. The third-order valence-corrected chi connectivity index (χ3v) is 4.99. The second-order valence-corrected chi connectivity index (χ2v) is 6.73. The number of aromatic amines is 1. The van der Waals surface area contributed by atoms with Crippen LogP contribution in [0, 0.1) is 13.8 Å². The van der Waals surface area contributed by atoms with Crippen molar-refractivity contribution in [2.45, 2.75) is 33.4 Å². The van der Waals surface area contributed by atoms with E-state index in [1.807, 2.05) is 29.8 Å². The minimum atomic E-state index is -0.134. The molecule has 3 aromatic rings. The van der Waals surface area contributed by atoms with Gasteiger partial charge in [-0.05, 0) is 26.0 Å². The number of H-pyrrole nitrogens is 1. The first-order valence-electron chi connectivity index (χ1n) is 8.73. The molecule has 1 aromatic carbocycles. The van der Waals surface area contributed by atoms with E-state index in [9.17, 15) is 4.79 Å². The molecule has 0 amide bonds. The Hall–Kier alpha value is -2.93. The van der Waals surface area contributed by atoms with Crippen LogP contribution >= 0.6 is 0 Å². The van der Waals surface area contributed by atoms with E-state index in [1.54, 1.807) is 0 Å². The van der Waals surface area contributed by atoms with Crippen LogP contribution in [0.4, 0.5) is 5.95 Å². The predicted octanol–water partition coefficient (Wildman–Crippen LogP) is 1.71. The number of aryl methyl sites for hydroxylation is 1. The standard InChI is InChI=1S/C19H22N6O/c1-12-15(13(2)25(23-12)14-6-4-3-5-7-14)10-24-9-8-17-16(11-24)18(26)22-19(20)21-17/h3-7H,8-11H2,1-2H3,(H3,20,21,22,26). The van der Waals surface area contributed by atoms with Gasteiger partial charge in [-0.25, -0.2) is 9.67 Å². The number of hydrogen-bond acceptors (Lipinski definition) is 5. The van der Waals surface area contributed by atoms with E-state index in [4.69, 9.17) is 10.8 Å². The summed E-state index contributed by atoms with van der Waals surface area (Å²) in [6, 6.07) is 10.1. The Labute approximate surface area is 151 Å². The molecule has 0 atom stereocenters. The molecule has 0 aliphatic carbocycles. The van der Waals surface area contributed by atoms with E-state index in [2.05, 4.69) is 33.9 Å². The zero-order valence-electron chi connectivity index (χ0n) is 15.0. The van der Waals surface area contributed by atoms with Gasteiger partial charge in [0.2, 0.25) is 5.95 Å². The van der Waals surface area contributed by atoms with E-state index >= 15 is 0 Å². The first-order chi connectivity index (χ1) is 12.5. The fraction of sp³-hybridized carbons (Fsp3) is 0.316. The number of fused-ring (bicyclic) bond motifs is 1. The molecule has 1 aliphatic heterocycles. The number of nitrogens with zero attached hydrogens (tertiary/aromatic N) is 4. The van der Waals surface area contributed by atoms with Crippen molar-refractivity contribution in [1.29, 1.82) is 0 Å². The molecule has 134 valence electrons. The molecule has 4 rings (SSSR count). The average molecular weight is 350 g/mol. The molecule has 0 unspecified atom stereocenters. The molecule has 0 saturated carbocycles. The minimum absolute atomic E-state index is 0.134. The average Bonchev–Trinajstić information content (AvgIpc) is 2.91. The Morgan fingerprint density at radius 3 is 2.77 bits per heavy atom. The van der Waals surface area contributed by atoms with Gasteiger partial charge in [-0.15, -0.1) is 0 Å². The number of benzene rings is 1. The van der Waals surface area contributed by atoms with Gasteiger partial charge in [-0.2, -0.15) is 5.10 Å². The molecule has 3 N–H and O–H groups in total. The molecule has 3 heterocycles. The lowest BCUT2D eigenvalue weighted by Crippen LogP contribution is -2.35. The van der Waals surface area contributed by atoms with Crippen LogP contribution in [0.25, 0.3) is 5.69 Å². The maximum Gasteiger partial charge on any atom is 0.257 e. The Morgan fingerprint density at radius 1 is 1.23 bits per heavy atom. The normalized spacial score (nSPS) is 14.4. The second-order valence-electron chi connectivity index (χ2n) is 6.73. The lowest BCUT2D eigenvalue weighted by molar-refractivity contribution is 0.241. The number of aromatic nitrogens is 4. The monoisotopic (exact) mass is 350 g/mol. The van der Waals surface area contributed by atoms with Crippen molar-refractivity contribution >= 4 is 5.95 Å². The van der Waals surface area contributed by atoms with Crippen LogP contribution in [0.5, 0.6) is 0 Å². The summed E-state index contributed by atoms with van der Waals surface area (Å²) in [5, 5.41) is 4.71. The Kier molecular flexibility index (Phi) is 4.08. The minimum Gasteiger partial charge on any atom is -0.369 e. The molecule has 26 heavy (non-hydrogen) atoms. The first kappa shape index (κ1) is 16.5. The van der Waals surface area contributed by atoms with Crippen molar-refractivity contribution in [2.75, 3.05) is 12.3 Å². The molecule has 7 nitrogen and oxygen atoms in total. The van der Waals surface area contributed by atoms with Crippen LogP contribution < -0.4 is 11.3 Å². The highest BCUT2D eigenvalue weighted by molar-refractivity contribution is 5.37. The van der Waals surface area contributed by atoms with Crippen molar-refractivity contribution in [1.82, 2.24) is 24.6 Å². The Balaban J connectivity index is 1.61. The number of nitrogens with two attached hydrogens (primary N) is 1. The number of anilines is 1. The molecule has 1 aliphatic rings. The maximum absolute atomic E-state index is 12.2. The van der Waals surface area contributed by atoms with Crippen molar-refractivity contribution in [3.05, 3.63) is 68.9 Å². The predicted molar refractivity (Wildman–Crippen MR) is 100 cm³/mol. The van der Waals surface area contributed by atoms with Gasteiger partial charge in [-0.1, -0.05) is 18.2 Å². The summed E-state index contributed by atoms with van der Waals surface area (Å²) >= 11 is 0. The van der Waals surface area contributed by atoms with E-state index in [1.165, 1.54) is 5.56 Å². The molecule has 2 aromatic heterocycles. The number of para-hydroxylation sites is 1. The lowest BCUT2D eigenvalue weighted by Gasteiger charge is -2.27. The second kappa shape index (κ2) is 6.42. The van der Waals surface area contributed by atoms with E-state index in [-0.39, 0.29) is 11.5 Å². The Morgan fingerprint density at radius 2 is 2.00 bits per heavy atom. The largest absolute Gasteiger partial charge is 0.369 e. The van der Waals surface area contributed by atoms with Crippen LogP contribution in [-0.2, 0) is 19.5 Å². The molecular formula is C19H22N6O. The zero-order valence-corrected chi connectivity index (χ0v) is 15.0. The lowest BCUT2D eigenvalue weighted by atomic mass is 10.1. The third kappa shape index (κ3) is 2.90. The number of nitrogens with one attached hydrogen (secondary N) is 1. The fourth-order valence-corrected chi connectivity index (χ4v) is 3.58. The van der Waals surface area contributed by atoms with Crippen LogP contribution in [0.3, 0.4) is 0 Å². The van der Waals surface area contributed by atoms with Crippen LogP contribution in [0.1, 0.15) is 28.2 Å². The van der Waals surface area contributed by atoms with Crippen LogP contribution in [0.15, 0.2) is 35.1 Å². The van der Waals surface area contributed by atoms with E-state index in [0.29, 0.717) is 6.54 Å². The fourth-order valence-electron chi connectivity index (χ4n) is 3.58. The Bertz CT molecular complexity index is 1000. The molecule has 7 heteroatoms. The molecular weight excluding hydrogens is 328 g/mol. The summed E-state index contributed by atoms with van der Waals surface area (Å²) in [6.45, 7) is 6.31. The first-order valence-corrected chi connectivity index (χ1v) is 8.73. The van der Waals surface area contributed by atoms with Crippen molar-refractivity contribution in [2.24, 2.45) is 0 Å². The summed E-state index contributed by atoms with van der Waals surface area (Å²) in [5.41, 5.74) is 11.5. The van der Waals surface area contributed by atoms with Gasteiger partial charge in [0.15, 0.2) is 0 Å². The van der Waals surface area contributed by atoms with Gasteiger partial charge in [0.05, 0.1) is 22.6 Å². The molecule has 0 saturated heterocycles. The van der Waals surface area contributed by atoms with Gasteiger partial charge < -0.3 is 5.73 Å². The van der Waals surface area contributed by atoms with Gasteiger partial charge >= 0.3 is 0 Å².